The smallest absolute Gasteiger partial charge is 0.251 e. The van der Waals surface area contributed by atoms with Gasteiger partial charge in [0.05, 0.1) is 12.6 Å². The Bertz CT molecular complexity index is 1100. The van der Waals surface area contributed by atoms with Gasteiger partial charge in [-0.3, -0.25) is 24.0 Å². The normalized spacial score (nSPS) is 23.2. The number of fused-ring (bicyclic) bond motifs is 1. The number of anilines is 1. The fourth-order valence-electron chi connectivity index (χ4n) is 6.27. The number of hydrogen-bond acceptors (Lipinski definition) is 6. The summed E-state index contributed by atoms with van der Waals surface area (Å²) in [7, 11) is 0. The van der Waals surface area contributed by atoms with E-state index in [4.69, 9.17) is 5.73 Å². The topological polar surface area (TPSA) is 142 Å². The summed E-state index contributed by atoms with van der Waals surface area (Å²) in [6, 6.07) is 4.48. The van der Waals surface area contributed by atoms with E-state index in [0.717, 1.165) is 19.3 Å². The van der Waals surface area contributed by atoms with Crippen LogP contribution in [0.15, 0.2) is 24.3 Å². The number of carbonyl (C=O) groups excluding carboxylic acids is 5. The molecule has 3 fully saturated rings. The summed E-state index contributed by atoms with van der Waals surface area (Å²) in [5.41, 5.74) is 5.66. The van der Waals surface area contributed by atoms with Gasteiger partial charge in [-0.25, -0.2) is 0 Å². The van der Waals surface area contributed by atoms with Crippen LogP contribution in [0.1, 0.15) is 76.1 Å². The van der Waals surface area contributed by atoms with E-state index in [2.05, 4.69) is 10.6 Å². The third kappa shape index (κ3) is 5.54. The Balaban J connectivity index is 1.52. The number of rotatable bonds is 7. The van der Waals surface area contributed by atoms with Gasteiger partial charge in [0.25, 0.3) is 5.91 Å². The molecule has 1 aliphatic carbocycles. The third-order valence-electron chi connectivity index (χ3n) is 7.98. The Morgan fingerprint density at radius 3 is 2.32 bits per heavy atom. The van der Waals surface area contributed by atoms with E-state index >= 15 is 0 Å². The zero-order chi connectivity index (χ0) is 27.6. The number of nitrogens with one attached hydrogen (secondary N) is 2. The number of Topliss-reactive ketones (excluding diaryl/α,β-unsaturated/α-hetero) is 1. The minimum absolute atomic E-state index is 0.0775. The van der Waals surface area contributed by atoms with E-state index in [1.165, 1.54) is 6.92 Å². The molecule has 0 radical (unpaired) electrons. The maximum atomic E-state index is 13.8. The summed E-state index contributed by atoms with van der Waals surface area (Å²) >= 11 is 0. The number of nitrogen functional groups attached to an aromatic ring is 1. The quantitative estimate of drug-likeness (QED) is 0.462. The number of likely N-dealkylation sites (tertiary alicyclic amines) is 2. The standard InChI is InChI=1S/C28H39N5O5/c1-17(2)15-21(30-25(36)19-7-9-20(29)10-8-19)26(37)32-14-11-22-24(32)23(35)16-33(22)27(38)28(31-18(3)34)12-5-4-6-13-28/h7-10,17,21-22,24H,4-6,11-16,29H2,1-3H3,(H,30,36)(H,31,34). The van der Waals surface area contributed by atoms with Gasteiger partial charge in [0.2, 0.25) is 17.7 Å². The zero-order valence-electron chi connectivity index (χ0n) is 22.5. The van der Waals surface area contributed by atoms with Crippen molar-refractivity contribution >= 4 is 35.1 Å². The molecule has 0 aromatic heterocycles. The van der Waals surface area contributed by atoms with Crippen molar-refractivity contribution in [1.29, 1.82) is 0 Å². The van der Waals surface area contributed by atoms with Crippen molar-refractivity contribution in [2.24, 2.45) is 5.92 Å². The lowest BCUT2D eigenvalue weighted by molar-refractivity contribution is -0.144. The maximum Gasteiger partial charge on any atom is 0.251 e. The van der Waals surface area contributed by atoms with Crippen LogP contribution in [0.2, 0.25) is 0 Å². The van der Waals surface area contributed by atoms with Gasteiger partial charge in [-0.05, 0) is 55.9 Å². The Hall–Kier alpha value is -3.43. The van der Waals surface area contributed by atoms with Crippen molar-refractivity contribution in [1.82, 2.24) is 20.4 Å². The number of ketones is 1. The largest absolute Gasteiger partial charge is 0.399 e. The lowest BCUT2D eigenvalue weighted by atomic mass is 9.80. The van der Waals surface area contributed by atoms with Gasteiger partial charge in [-0.1, -0.05) is 33.1 Å². The summed E-state index contributed by atoms with van der Waals surface area (Å²) in [6.07, 6.45) is 4.64. The van der Waals surface area contributed by atoms with E-state index in [9.17, 15) is 24.0 Å². The van der Waals surface area contributed by atoms with E-state index in [0.29, 0.717) is 43.5 Å². The maximum absolute atomic E-state index is 13.8. The Labute approximate surface area is 223 Å². The van der Waals surface area contributed by atoms with Gasteiger partial charge in [-0.2, -0.15) is 0 Å². The number of amides is 4. The molecule has 1 aromatic carbocycles. The van der Waals surface area contributed by atoms with Gasteiger partial charge >= 0.3 is 0 Å². The molecular weight excluding hydrogens is 486 g/mol. The summed E-state index contributed by atoms with van der Waals surface area (Å²) in [5.74, 6) is -1.25. The second kappa shape index (κ2) is 11.1. The number of nitrogens with zero attached hydrogens (tertiary/aromatic N) is 2. The average molecular weight is 526 g/mol. The summed E-state index contributed by atoms with van der Waals surface area (Å²) in [6.45, 7) is 5.59. The Morgan fingerprint density at radius 2 is 1.71 bits per heavy atom. The van der Waals surface area contributed by atoms with Crippen molar-refractivity contribution in [2.45, 2.75) is 89.4 Å². The molecule has 38 heavy (non-hydrogen) atoms. The van der Waals surface area contributed by atoms with E-state index in [1.807, 2.05) is 13.8 Å². The van der Waals surface area contributed by atoms with Crippen LogP contribution in [0.3, 0.4) is 0 Å². The lowest BCUT2D eigenvalue weighted by Crippen LogP contribution is -2.61. The van der Waals surface area contributed by atoms with Crippen molar-refractivity contribution in [3.8, 4) is 0 Å². The molecule has 3 atom stereocenters. The molecule has 1 aromatic rings. The highest BCUT2D eigenvalue weighted by Crippen LogP contribution is 2.36. The minimum Gasteiger partial charge on any atom is -0.399 e. The fourth-order valence-corrected chi connectivity index (χ4v) is 6.27. The molecule has 0 bridgehead atoms. The highest BCUT2D eigenvalue weighted by Gasteiger charge is 2.55. The molecule has 10 nitrogen and oxygen atoms in total. The predicted octanol–water partition coefficient (Wildman–Crippen LogP) is 1.63. The van der Waals surface area contributed by atoms with Gasteiger partial charge in [0, 0.05) is 24.7 Å². The number of benzene rings is 1. The molecule has 0 spiro atoms. The van der Waals surface area contributed by atoms with Gasteiger partial charge in [0.1, 0.15) is 17.6 Å². The summed E-state index contributed by atoms with van der Waals surface area (Å²) in [4.78, 5) is 68.9. The molecule has 1 saturated carbocycles. The number of nitrogens with two attached hydrogens (primary N) is 1. The van der Waals surface area contributed by atoms with Crippen LogP contribution in [-0.4, -0.2) is 76.0 Å². The SMILES string of the molecule is CC(=O)NC1(C(=O)N2CC(=O)C3C2CCN3C(=O)C(CC(C)C)NC(=O)c2ccc(N)cc2)CCCCC1. The molecule has 3 aliphatic rings. The molecule has 2 heterocycles. The number of carbonyl (C=O) groups is 5. The summed E-state index contributed by atoms with van der Waals surface area (Å²) < 4.78 is 0. The van der Waals surface area contributed by atoms with Crippen LogP contribution in [0.4, 0.5) is 5.69 Å². The first-order chi connectivity index (χ1) is 18.0. The minimum atomic E-state index is -0.996. The van der Waals surface area contributed by atoms with Gasteiger partial charge < -0.3 is 26.2 Å². The second-order valence-electron chi connectivity index (χ2n) is 11.3. The predicted molar refractivity (Wildman–Crippen MR) is 142 cm³/mol. The molecule has 4 amide bonds. The first-order valence-electron chi connectivity index (χ1n) is 13.6. The molecule has 2 saturated heterocycles. The van der Waals surface area contributed by atoms with Crippen LogP contribution in [-0.2, 0) is 19.2 Å². The van der Waals surface area contributed by atoms with Crippen molar-refractivity contribution in [3.05, 3.63) is 29.8 Å². The van der Waals surface area contributed by atoms with Crippen molar-refractivity contribution in [3.63, 3.8) is 0 Å². The second-order valence-corrected chi connectivity index (χ2v) is 11.3. The lowest BCUT2D eigenvalue weighted by Gasteiger charge is -2.40. The molecule has 4 rings (SSSR count). The van der Waals surface area contributed by atoms with Crippen molar-refractivity contribution < 1.29 is 24.0 Å². The van der Waals surface area contributed by atoms with E-state index in [1.54, 1.807) is 34.1 Å². The van der Waals surface area contributed by atoms with Crippen LogP contribution in [0, 0.1) is 5.92 Å². The summed E-state index contributed by atoms with van der Waals surface area (Å²) in [5, 5.41) is 5.76. The highest BCUT2D eigenvalue weighted by molar-refractivity contribution is 6.02. The number of hydrogen-bond donors (Lipinski definition) is 3. The third-order valence-corrected chi connectivity index (χ3v) is 7.98. The average Bonchev–Trinajstić information content (AvgIpc) is 3.44. The Kier molecular flexibility index (Phi) is 8.08. The molecule has 206 valence electrons. The van der Waals surface area contributed by atoms with Crippen LogP contribution in [0.5, 0.6) is 0 Å². The van der Waals surface area contributed by atoms with Gasteiger partial charge in [-0.15, -0.1) is 0 Å². The zero-order valence-corrected chi connectivity index (χ0v) is 22.5. The van der Waals surface area contributed by atoms with Crippen molar-refractivity contribution in [2.75, 3.05) is 18.8 Å². The first-order valence-corrected chi connectivity index (χ1v) is 13.6. The van der Waals surface area contributed by atoms with Gasteiger partial charge in [0.15, 0.2) is 5.78 Å². The highest BCUT2D eigenvalue weighted by atomic mass is 16.2. The molecular formula is C28H39N5O5. The van der Waals surface area contributed by atoms with E-state index < -0.39 is 23.7 Å². The monoisotopic (exact) mass is 525 g/mol. The first kappa shape index (κ1) is 27.6. The molecule has 10 heteroatoms. The van der Waals surface area contributed by atoms with Crippen LogP contribution < -0.4 is 16.4 Å². The van der Waals surface area contributed by atoms with Crippen LogP contribution >= 0.6 is 0 Å². The van der Waals surface area contributed by atoms with Crippen LogP contribution in [0.25, 0.3) is 0 Å². The van der Waals surface area contributed by atoms with E-state index in [-0.39, 0.29) is 41.9 Å². The fraction of sp³-hybridized carbons (Fsp3) is 0.607. The molecule has 4 N–H and O–H groups in total. The molecule has 3 unspecified atom stereocenters. The Morgan fingerprint density at radius 1 is 1.05 bits per heavy atom. The molecule has 2 aliphatic heterocycles.